The zero-order chi connectivity index (χ0) is 37.9. The first-order valence-corrected chi connectivity index (χ1v) is 14.9. The number of rotatable bonds is 15. The highest BCUT2D eigenvalue weighted by Gasteiger charge is 2.57. The van der Waals surface area contributed by atoms with Gasteiger partial charge < -0.3 is 54.7 Å². The van der Waals surface area contributed by atoms with Gasteiger partial charge in [0.25, 0.3) is 0 Å². The number of ether oxygens (including phenoxy) is 4. The van der Waals surface area contributed by atoms with Gasteiger partial charge in [-0.1, -0.05) is 12.1 Å². The third kappa shape index (κ3) is 11.5. The molecule has 18 nitrogen and oxygen atoms in total. The Labute approximate surface area is 287 Å². The van der Waals surface area contributed by atoms with Crippen molar-refractivity contribution in [3.05, 3.63) is 59.7 Å². The van der Waals surface area contributed by atoms with Crippen LogP contribution in [-0.4, -0.2) is 101 Å². The average molecular weight is 717 g/mol. The van der Waals surface area contributed by atoms with Crippen molar-refractivity contribution in [3.63, 3.8) is 0 Å². The lowest BCUT2D eigenvalue weighted by Crippen LogP contribution is -2.60. The van der Waals surface area contributed by atoms with Crippen LogP contribution in [0.1, 0.15) is 49.7 Å². The summed E-state index contributed by atoms with van der Waals surface area (Å²) in [6.45, 7) is 0. The Morgan fingerprint density at radius 3 is 1.43 bits per heavy atom. The minimum atomic E-state index is -2.66. The van der Waals surface area contributed by atoms with Gasteiger partial charge in [-0.15, -0.1) is 0 Å². The first-order chi connectivity index (χ1) is 24.0. The summed E-state index contributed by atoms with van der Waals surface area (Å²) in [5, 5.41) is 66.7. The summed E-state index contributed by atoms with van der Waals surface area (Å²) in [5.74, 6) is -11.5. The number of carboxylic acids is 3. The summed E-state index contributed by atoms with van der Waals surface area (Å²) in [6, 6.07) is 7.00. The van der Waals surface area contributed by atoms with Crippen LogP contribution in [0.3, 0.4) is 0 Å². The predicted molar refractivity (Wildman–Crippen MR) is 167 cm³/mol. The number of benzene rings is 2. The van der Waals surface area contributed by atoms with Crippen LogP contribution in [0.15, 0.2) is 48.6 Å². The highest BCUT2D eigenvalue weighted by atomic mass is 16.6. The van der Waals surface area contributed by atoms with Crippen LogP contribution in [0.4, 0.5) is 0 Å². The maximum atomic E-state index is 13.0. The number of phenolic OH excluding ortho intramolecular Hbond substituents is 4. The van der Waals surface area contributed by atoms with Crippen molar-refractivity contribution in [3.8, 4) is 23.0 Å². The van der Waals surface area contributed by atoms with E-state index in [9.17, 15) is 59.1 Å². The smallest absolute Gasteiger partial charge is 0.348 e. The van der Waals surface area contributed by atoms with Gasteiger partial charge in [-0.2, -0.15) is 0 Å². The molecule has 0 bridgehead atoms. The minimum absolute atomic E-state index is 0.174. The summed E-state index contributed by atoms with van der Waals surface area (Å²) < 4.78 is 21.4. The standard InChI is InChI=1S/C33H32O18/c34-19-5-1-17(13-21(19)36)3-9-29(44)50-31-23(48-27(42)11-7-25(38)39)15-33(32(46)47,16-24(31)49-28(43)12-8-26(40)41)51-30(45)10-4-18-2-6-20(35)22(37)14-18/h1-6,9-10,13-14,23-24,31,34-37H,7-8,11-12,15-16H2,(H,38,39)(H,40,41)(H,46,47)/b9-3+,10-4+/t23-,24-,31?,33?/m1/s1. The normalized spacial score (nSPS) is 20.0. The number of carbonyl (C=O) groups excluding carboxylic acids is 4. The fourth-order valence-electron chi connectivity index (χ4n) is 4.77. The van der Waals surface area contributed by atoms with E-state index in [1.807, 2.05) is 0 Å². The van der Waals surface area contributed by atoms with Gasteiger partial charge in [-0.25, -0.2) is 14.4 Å². The molecule has 0 amide bonds. The maximum Gasteiger partial charge on any atom is 0.348 e. The Kier molecular flexibility index (Phi) is 13.1. The fraction of sp³-hybridized carbons (Fsp3) is 0.303. The first-order valence-electron chi connectivity index (χ1n) is 14.9. The third-order valence-electron chi connectivity index (χ3n) is 7.21. The van der Waals surface area contributed by atoms with Crippen LogP contribution in [0, 0.1) is 0 Å². The Morgan fingerprint density at radius 1 is 0.608 bits per heavy atom. The molecule has 2 aromatic rings. The second-order valence-electron chi connectivity index (χ2n) is 11.0. The molecule has 0 saturated heterocycles. The third-order valence-corrected chi connectivity index (χ3v) is 7.21. The van der Waals surface area contributed by atoms with E-state index in [0.29, 0.717) is 0 Å². The van der Waals surface area contributed by atoms with E-state index < -0.39 is 127 Å². The van der Waals surface area contributed by atoms with Gasteiger partial charge in [0, 0.05) is 25.0 Å². The zero-order valence-corrected chi connectivity index (χ0v) is 26.4. The van der Waals surface area contributed by atoms with Crippen molar-refractivity contribution in [2.45, 2.75) is 62.4 Å². The van der Waals surface area contributed by atoms with E-state index >= 15 is 0 Å². The molecular weight excluding hydrogens is 684 g/mol. The van der Waals surface area contributed by atoms with Gasteiger partial charge in [0.05, 0.1) is 25.7 Å². The molecule has 1 saturated carbocycles. The molecule has 0 spiro atoms. The summed E-state index contributed by atoms with van der Waals surface area (Å²) in [6.07, 6.45) is -6.49. The van der Waals surface area contributed by atoms with Crippen molar-refractivity contribution in [1.82, 2.24) is 0 Å². The van der Waals surface area contributed by atoms with Gasteiger partial charge in [0.2, 0.25) is 5.60 Å². The van der Waals surface area contributed by atoms with E-state index in [2.05, 4.69) is 0 Å². The number of aromatic hydroxyl groups is 4. The molecule has 2 aromatic carbocycles. The number of carbonyl (C=O) groups is 7. The lowest BCUT2D eigenvalue weighted by atomic mass is 9.78. The van der Waals surface area contributed by atoms with E-state index in [0.717, 1.165) is 48.6 Å². The maximum absolute atomic E-state index is 13.0. The molecule has 0 radical (unpaired) electrons. The molecular formula is C33H32O18. The van der Waals surface area contributed by atoms with E-state index in [1.165, 1.54) is 12.1 Å². The predicted octanol–water partition coefficient (Wildman–Crippen LogP) is 1.86. The molecule has 0 aliphatic heterocycles. The van der Waals surface area contributed by atoms with Crippen LogP contribution >= 0.6 is 0 Å². The average Bonchev–Trinajstić information content (AvgIpc) is 3.05. The van der Waals surface area contributed by atoms with Crippen LogP contribution in [0.5, 0.6) is 23.0 Å². The highest BCUT2D eigenvalue weighted by molar-refractivity contribution is 5.91. The van der Waals surface area contributed by atoms with Crippen LogP contribution in [0.25, 0.3) is 12.2 Å². The van der Waals surface area contributed by atoms with Crippen molar-refractivity contribution in [2.75, 3.05) is 0 Å². The van der Waals surface area contributed by atoms with E-state index in [1.54, 1.807) is 0 Å². The molecule has 3 rings (SSSR count). The number of aliphatic carboxylic acids is 3. The van der Waals surface area contributed by atoms with Gasteiger partial charge in [-0.05, 0) is 47.5 Å². The second-order valence-corrected chi connectivity index (χ2v) is 11.0. The number of hydrogen-bond acceptors (Lipinski definition) is 15. The number of hydrogen-bond donors (Lipinski definition) is 7. The zero-order valence-electron chi connectivity index (χ0n) is 26.4. The topological polar surface area (TPSA) is 298 Å². The summed E-state index contributed by atoms with van der Waals surface area (Å²) in [4.78, 5) is 86.1. The number of carboxylic acid groups (broad SMARTS) is 3. The molecule has 0 heterocycles. The van der Waals surface area contributed by atoms with Crippen LogP contribution in [-0.2, 0) is 52.5 Å². The molecule has 2 atom stereocenters. The SMILES string of the molecule is O=C(O)CCC(=O)O[C@@H]1CC(OC(=O)/C=C/c2ccc(O)c(O)c2)(C(=O)O)C[C@@H](OC(=O)CCC(=O)O)C1OC(=O)/C=C/c1ccc(O)c(O)c1. The minimum Gasteiger partial charge on any atom is -0.504 e. The van der Waals surface area contributed by atoms with Crippen LogP contribution < -0.4 is 0 Å². The molecule has 272 valence electrons. The Morgan fingerprint density at radius 2 is 1.04 bits per heavy atom. The van der Waals surface area contributed by atoms with Crippen molar-refractivity contribution >= 4 is 53.9 Å². The Balaban J connectivity index is 2.00. The summed E-state index contributed by atoms with van der Waals surface area (Å²) in [5.41, 5.74) is -2.28. The monoisotopic (exact) mass is 716 g/mol. The van der Waals surface area contributed by atoms with Gasteiger partial charge >= 0.3 is 41.8 Å². The largest absolute Gasteiger partial charge is 0.504 e. The van der Waals surface area contributed by atoms with Crippen molar-refractivity contribution in [2.24, 2.45) is 0 Å². The lowest BCUT2D eigenvalue weighted by Gasteiger charge is -2.43. The molecule has 0 unspecified atom stereocenters. The van der Waals surface area contributed by atoms with Gasteiger partial charge in [0.1, 0.15) is 12.2 Å². The molecule has 7 N–H and O–H groups in total. The van der Waals surface area contributed by atoms with Crippen molar-refractivity contribution in [1.29, 1.82) is 0 Å². The molecule has 1 aliphatic carbocycles. The summed E-state index contributed by atoms with van der Waals surface area (Å²) >= 11 is 0. The Hall–Kier alpha value is -6.59. The van der Waals surface area contributed by atoms with E-state index in [4.69, 9.17) is 29.2 Å². The molecule has 1 fully saturated rings. The number of esters is 4. The second kappa shape index (κ2) is 17.2. The van der Waals surface area contributed by atoms with Gasteiger partial charge in [0.15, 0.2) is 29.1 Å². The Bertz CT molecular complexity index is 1700. The molecule has 0 aromatic heterocycles. The quantitative estimate of drug-likeness (QED) is 0.0599. The van der Waals surface area contributed by atoms with Gasteiger partial charge in [-0.3, -0.25) is 19.2 Å². The van der Waals surface area contributed by atoms with Crippen molar-refractivity contribution < 1.29 is 88.3 Å². The first kappa shape index (κ1) is 38.9. The molecule has 18 heteroatoms. The summed E-state index contributed by atoms with van der Waals surface area (Å²) in [7, 11) is 0. The molecule has 1 aliphatic rings. The molecule has 51 heavy (non-hydrogen) atoms. The van der Waals surface area contributed by atoms with E-state index in [-0.39, 0.29) is 11.1 Å². The highest BCUT2D eigenvalue weighted by Crippen LogP contribution is 2.38. The lowest BCUT2D eigenvalue weighted by molar-refractivity contribution is -0.220. The fourth-order valence-corrected chi connectivity index (χ4v) is 4.77. The number of phenols is 4. The van der Waals surface area contributed by atoms with Crippen LogP contribution in [0.2, 0.25) is 0 Å².